The zero-order valence-electron chi connectivity index (χ0n) is 19.8. The number of thioether (sulfide) groups is 1. The van der Waals surface area contributed by atoms with Gasteiger partial charge in [0.25, 0.3) is 11.6 Å². The topological polar surface area (TPSA) is 111 Å². The molecule has 8 nitrogen and oxygen atoms in total. The molecule has 0 radical (unpaired) electrons. The Morgan fingerprint density at radius 3 is 2.14 bits per heavy atom. The van der Waals surface area contributed by atoms with E-state index in [0.717, 1.165) is 10.5 Å². The largest absolute Gasteiger partial charge is 0.495 e. The molecule has 9 heteroatoms. The fraction of sp³-hybridized carbons (Fsp3) is 0.0714. The van der Waals surface area contributed by atoms with Crippen molar-refractivity contribution in [3.63, 3.8) is 0 Å². The molecule has 0 saturated carbocycles. The van der Waals surface area contributed by atoms with E-state index < -0.39 is 10.2 Å². The van der Waals surface area contributed by atoms with E-state index in [0.29, 0.717) is 22.7 Å². The zero-order valence-corrected chi connectivity index (χ0v) is 20.6. The predicted molar refractivity (Wildman–Crippen MR) is 144 cm³/mol. The molecule has 4 aromatic rings. The maximum Gasteiger partial charge on any atom is 0.269 e. The lowest BCUT2D eigenvalue weighted by Crippen LogP contribution is -2.19. The number of nitro benzene ring substituents is 1. The van der Waals surface area contributed by atoms with Gasteiger partial charge in [0.15, 0.2) is 0 Å². The first-order chi connectivity index (χ1) is 17.9. The van der Waals surface area contributed by atoms with Crippen LogP contribution in [0, 0.1) is 10.1 Å². The van der Waals surface area contributed by atoms with Crippen molar-refractivity contribution in [1.82, 2.24) is 0 Å². The number of benzene rings is 4. The minimum absolute atomic E-state index is 0.0827. The van der Waals surface area contributed by atoms with Crippen LogP contribution in [-0.4, -0.2) is 23.8 Å². The molecule has 0 bridgehead atoms. The van der Waals surface area contributed by atoms with Crippen molar-refractivity contribution in [2.24, 2.45) is 0 Å². The summed E-state index contributed by atoms with van der Waals surface area (Å²) in [5.74, 6) is -0.00863. The van der Waals surface area contributed by atoms with Gasteiger partial charge in [0, 0.05) is 28.3 Å². The van der Waals surface area contributed by atoms with Gasteiger partial charge in [0.05, 0.1) is 17.7 Å². The SMILES string of the molecule is COc1ccccc1NC(=O)C(Sc1ccc(NC(=O)c2ccc([N+](=O)[O-])cc2)cc1)c1ccccc1. The van der Waals surface area contributed by atoms with Gasteiger partial charge in [-0.1, -0.05) is 42.5 Å². The summed E-state index contributed by atoms with van der Waals surface area (Å²) in [6, 6.07) is 29.2. The standard InChI is InChI=1S/C28H23N3O5S/c1-36-25-10-6-5-9-24(25)30-28(33)26(19-7-3-2-4-8-19)37-23-17-13-21(14-18-23)29-27(32)20-11-15-22(16-12-20)31(34)35/h2-18,26H,1H3,(H,29,32)(H,30,33). The summed E-state index contributed by atoms with van der Waals surface area (Å²) in [5.41, 5.74) is 2.21. The van der Waals surface area contributed by atoms with Crippen LogP contribution in [-0.2, 0) is 4.79 Å². The summed E-state index contributed by atoms with van der Waals surface area (Å²) < 4.78 is 5.36. The highest BCUT2D eigenvalue weighted by Gasteiger charge is 2.23. The Kier molecular flexibility index (Phi) is 8.17. The first-order valence-electron chi connectivity index (χ1n) is 11.3. The number of carbonyl (C=O) groups excluding carboxylic acids is 2. The molecule has 0 spiro atoms. The highest BCUT2D eigenvalue weighted by atomic mass is 32.2. The van der Waals surface area contributed by atoms with Crippen LogP contribution in [0.3, 0.4) is 0 Å². The van der Waals surface area contributed by atoms with E-state index in [1.165, 1.54) is 36.0 Å². The molecule has 1 unspecified atom stereocenters. The lowest BCUT2D eigenvalue weighted by atomic mass is 10.1. The summed E-state index contributed by atoms with van der Waals surface area (Å²) >= 11 is 1.38. The van der Waals surface area contributed by atoms with E-state index in [2.05, 4.69) is 10.6 Å². The molecule has 186 valence electrons. The van der Waals surface area contributed by atoms with Gasteiger partial charge in [0.1, 0.15) is 11.0 Å². The highest BCUT2D eigenvalue weighted by molar-refractivity contribution is 8.00. The predicted octanol–water partition coefficient (Wildman–Crippen LogP) is 6.33. The Hall–Kier alpha value is -4.63. The van der Waals surface area contributed by atoms with Crippen molar-refractivity contribution >= 4 is 40.6 Å². The van der Waals surface area contributed by atoms with Gasteiger partial charge in [-0.25, -0.2) is 0 Å². The zero-order chi connectivity index (χ0) is 26.2. The fourth-order valence-corrected chi connectivity index (χ4v) is 4.56. The lowest BCUT2D eigenvalue weighted by Gasteiger charge is -2.18. The third kappa shape index (κ3) is 6.53. The van der Waals surface area contributed by atoms with Gasteiger partial charge in [-0.05, 0) is 54.1 Å². The number of nitrogens with one attached hydrogen (secondary N) is 2. The third-order valence-corrected chi connectivity index (χ3v) is 6.68. The molecule has 0 aliphatic rings. The molecule has 0 aliphatic heterocycles. The average molecular weight is 514 g/mol. The number of amides is 2. The number of nitro groups is 1. The number of hydrogen-bond donors (Lipinski definition) is 2. The number of non-ortho nitro benzene ring substituents is 1. The number of anilines is 2. The smallest absolute Gasteiger partial charge is 0.269 e. The van der Waals surface area contributed by atoms with Gasteiger partial charge in [-0.2, -0.15) is 0 Å². The van der Waals surface area contributed by atoms with Crippen LogP contribution in [0.25, 0.3) is 0 Å². The van der Waals surface area contributed by atoms with E-state index in [1.54, 1.807) is 31.4 Å². The van der Waals surface area contributed by atoms with E-state index in [-0.39, 0.29) is 17.5 Å². The molecule has 37 heavy (non-hydrogen) atoms. The molecule has 2 amide bonds. The Morgan fingerprint density at radius 2 is 1.49 bits per heavy atom. The summed E-state index contributed by atoms with van der Waals surface area (Å²) in [4.78, 5) is 37.0. The molecule has 4 rings (SSSR count). The van der Waals surface area contributed by atoms with Crippen molar-refractivity contribution in [3.05, 3.63) is 124 Å². The molecule has 0 aliphatic carbocycles. The number of hydrogen-bond acceptors (Lipinski definition) is 6. The number of methoxy groups -OCH3 is 1. The monoisotopic (exact) mass is 513 g/mol. The second-order valence-corrected chi connectivity index (χ2v) is 9.06. The summed E-state index contributed by atoms with van der Waals surface area (Å²) in [5, 5.41) is 16.0. The molecular formula is C28H23N3O5S. The van der Waals surface area contributed by atoms with Crippen LogP contribution in [0.2, 0.25) is 0 Å². The van der Waals surface area contributed by atoms with Crippen molar-refractivity contribution in [3.8, 4) is 5.75 Å². The molecule has 0 fully saturated rings. The summed E-state index contributed by atoms with van der Waals surface area (Å²) in [6.45, 7) is 0. The van der Waals surface area contributed by atoms with Gasteiger partial charge in [0.2, 0.25) is 5.91 Å². The Balaban J connectivity index is 1.48. The molecule has 4 aromatic carbocycles. The van der Waals surface area contributed by atoms with Crippen LogP contribution < -0.4 is 15.4 Å². The molecule has 0 heterocycles. The van der Waals surface area contributed by atoms with Crippen LogP contribution >= 0.6 is 11.8 Å². The second kappa shape index (κ2) is 11.9. The van der Waals surface area contributed by atoms with Gasteiger partial charge in [-0.15, -0.1) is 11.8 Å². The third-order valence-electron chi connectivity index (χ3n) is 5.41. The normalized spacial score (nSPS) is 11.3. The molecule has 1 atom stereocenters. The number of carbonyl (C=O) groups is 2. The fourth-order valence-electron chi connectivity index (χ4n) is 3.54. The van der Waals surface area contributed by atoms with Gasteiger partial charge >= 0.3 is 0 Å². The lowest BCUT2D eigenvalue weighted by molar-refractivity contribution is -0.384. The Morgan fingerprint density at radius 1 is 0.838 bits per heavy atom. The Labute approximate surface area is 217 Å². The van der Waals surface area contributed by atoms with E-state index in [4.69, 9.17) is 4.74 Å². The minimum Gasteiger partial charge on any atom is -0.495 e. The molecule has 0 aromatic heterocycles. The van der Waals surface area contributed by atoms with Crippen molar-refractivity contribution in [1.29, 1.82) is 0 Å². The highest BCUT2D eigenvalue weighted by Crippen LogP contribution is 2.37. The van der Waals surface area contributed by atoms with Crippen LogP contribution in [0.15, 0.2) is 108 Å². The molecule has 2 N–H and O–H groups in total. The Bertz CT molecular complexity index is 1390. The first kappa shape index (κ1) is 25.5. The summed E-state index contributed by atoms with van der Waals surface area (Å²) in [7, 11) is 1.55. The van der Waals surface area contributed by atoms with Gasteiger partial charge in [-0.3, -0.25) is 19.7 Å². The van der Waals surface area contributed by atoms with E-state index >= 15 is 0 Å². The van der Waals surface area contributed by atoms with Crippen molar-refractivity contribution in [2.45, 2.75) is 10.1 Å². The molecule has 0 saturated heterocycles. The van der Waals surface area contributed by atoms with Crippen LogP contribution in [0.1, 0.15) is 21.2 Å². The van der Waals surface area contributed by atoms with Crippen molar-refractivity contribution in [2.75, 3.05) is 17.7 Å². The number of rotatable bonds is 9. The minimum atomic E-state index is -0.535. The van der Waals surface area contributed by atoms with Gasteiger partial charge < -0.3 is 15.4 Å². The second-order valence-electron chi connectivity index (χ2n) is 7.88. The maximum absolute atomic E-state index is 13.3. The van der Waals surface area contributed by atoms with E-state index in [9.17, 15) is 19.7 Å². The first-order valence-corrected chi connectivity index (χ1v) is 12.1. The van der Waals surface area contributed by atoms with Crippen LogP contribution in [0.5, 0.6) is 5.75 Å². The van der Waals surface area contributed by atoms with E-state index in [1.807, 2.05) is 54.6 Å². The number of nitrogens with zero attached hydrogens (tertiary/aromatic N) is 1. The van der Waals surface area contributed by atoms with Crippen LogP contribution in [0.4, 0.5) is 17.1 Å². The number of para-hydroxylation sites is 2. The average Bonchev–Trinajstić information content (AvgIpc) is 2.93. The molecular weight excluding hydrogens is 490 g/mol. The maximum atomic E-state index is 13.3. The number of ether oxygens (including phenoxy) is 1. The van der Waals surface area contributed by atoms with Crippen molar-refractivity contribution < 1.29 is 19.2 Å². The summed E-state index contributed by atoms with van der Waals surface area (Å²) in [6.07, 6.45) is 0. The quantitative estimate of drug-likeness (QED) is 0.154.